The van der Waals surface area contributed by atoms with Gasteiger partial charge in [0.25, 0.3) is 0 Å². The Balaban J connectivity index is 0.00000137. The Hall–Kier alpha value is -0.340. The number of rotatable bonds is 5. The average Bonchev–Trinajstić information content (AvgIpc) is 2.64. The third kappa shape index (κ3) is 6.01. The Morgan fingerprint density at radius 1 is 1.17 bits per heavy atom. The molecule has 0 unspecified atom stereocenters. The van der Waals surface area contributed by atoms with Crippen molar-refractivity contribution in [3.63, 3.8) is 0 Å². The minimum Gasteiger partial charge on any atom is -0.353 e. The molecule has 1 fully saturated rings. The van der Waals surface area contributed by atoms with Gasteiger partial charge in [-0.3, -0.25) is 0 Å². The van der Waals surface area contributed by atoms with Crippen LogP contribution in [-0.2, 0) is 9.47 Å². The Bertz CT molecular complexity index is 207. The number of methoxy groups -OCH3 is 2. The van der Waals surface area contributed by atoms with Crippen LogP contribution < -0.4 is 0 Å². The lowest BCUT2D eigenvalue weighted by Crippen LogP contribution is -2.34. The number of unbranched alkanes of at least 4 members (excludes halogenated alkanes) is 1. The Morgan fingerprint density at radius 2 is 1.83 bits per heavy atom. The molecule has 1 atom stereocenters. The van der Waals surface area contributed by atoms with Crippen molar-refractivity contribution in [2.24, 2.45) is 5.92 Å². The Morgan fingerprint density at radius 3 is 2.39 bits per heavy atom. The highest BCUT2D eigenvalue weighted by Crippen LogP contribution is 2.34. The van der Waals surface area contributed by atoms with Crippen molar-refractivity contribution in [2.45, 2.75) is 71.5 Å². The maximum absolute atomic E-state index is 5.59. The molecule has 108 valence electrons. The van der Waals surface area contributed by atoms with Gasteiger partial charge < -0.3 is 9.47 Å². The van der Waals surface area contributed by atoms with Crippen LogP contribution in [0.1, 0.15) is 65.7 Å². The van der Waals surface area contributed by atoms with Gasteiger partial charge in [0.1, 0.15) is 0 Å². The van der Waals surface area contributed by atoms with E-state index >= 15 is 0 Å². The maximum Gasteiger partial charge on any atom is 0.168 e. The topological polar surface area (TPSA) is 18.5 Å². The summed E-state index contributed by atoms with van der Waals surface area (Å²) in [6, 6.07) is 0. The first-order valence-electron chi connectivity index (χ1n) is 7.53. The highest BCUT2D eigenvalue weighted by atomic mass is 16.7. The zero-order chi connectivity index (χ0) is 13.9. The SMILES string of the molecule is CC.CCC/C=C\[C@@H]1CCCCC(OC)(OC)C1. The standard InChI is InChI=1S/C14H26O2.C2H6/c1-4-5-6-9-13-10-7-8-11-14(12-13,15-2)16-3;1-2/h6,9,13H,4-5,7-8,10-12H2,1-3H3;1-2H3/b9-6-;/t13-;/m1./s1. The van der Waals surface area contributed by atoms with Crippen LogP contribution in [0.3, 0.4) is 0 Å². The third-order valence-corrected chi connectivity index (χ3v) is 3.56. The molecule has 1 rings (SSSR count). The molecule has 1 aliphatic carbocycles. The second-order valence-corrected chi connectivity index (χ2v) is 4.75. The molecular formula is C16H32O2. The molecule has 1 aliphatic rings. The molecule has 0 radical (unpaired) electrons. The average molecular weight is 256 g/mol. The minimum atomic E-state index is -0.336. The van der Waals surface area contributed by atoms with Crippen molar-refractivity contribution in [2.75, 3.05) is 14.2 Å². The van der Waals surface area contributed by atoms with Gasteiger partial charge in [-0.15, -0.1) is 0 Å². The summed E-state index contributed by atoms with van der Waals surface area (Å²) in [5.74, 6) is 0.284. The fourth-order valence-electron chi connectivity index (χ4n) is 2.48. The van der Waals surface area contributed by atoms with Gasteiger partial charge in [0.15, 0.2) is 5.79 Å². The third-order valence-electron chi connectivity index (χ3n) is 3.56. The van der Waals surface area contributed by atoms with E-state index in [1.165, 1.54) is 32.1 Å². The van der Waals surface area contributed by atoms with Gasteiger partial charge in [-0.05, 0) is 25.2 Å². The molecule has 2 nitrogen and oxygen atoms in total. The summed E-state index contributed by atoms with van der Waals surface area (Å²) in [5, 5.41) is 0. The van der Waals surface area contributed by atoms with Gasteiger partial charge in [0.2, 0.25) is 0 Å². The molecule has 0 aromatic rings. The van der Waals surface area contributed by atoms with Crippen molar-refractivity contribution in [1.82, 2.24) is 0 Å². The summed E-state index contributed by atoms with van der Waals surface area (Å²) < 4.78 is 11.2. The molecule has 0 aromatic heterocycles. The van der Waals surface area contributed by atoms with E-state index in [-0.39, 0.29) is 5.79 Å². The van der Waals surface area contributed by atoms with Gasteiger partial charge >= 0.3 is 0 Å². The first-order chi connectivity index (χ1) is 8.76. The van der Waals surface area contributed by atoms with Crippen molar-refractivity contribution in [3.8, 4) is 0 Å². The van der Waals surface area contributed by atoms with E-state index in [4.69, 9.17) is 9.47 Å². The van der Waals surface area contributed by atoms with Crippen molar-refractivity contribution in [1.29, 1.82) is 0 Å². The quantitative estimate of drug-likeness (QED) is 0.394. The summed E-state index contributed by atoms with van der Waals surface area (Å²) in [7, 11) is 3.53. The molecule has 1 saturated carbocycles. The van der Waals surface area contributed by atoms with Crippen LogP contribution in [0.5, 0.6) is 0 Å². The fraction of sp³-hybridized carbons (Fsp3) is 0.875. The number of hydrogen-bond acceptors (Lipinski definition) is 2. The lowest BCUT2D eigenvalue weighted by atomic mass is 9.96. The number of hydrogen-bond donors (Lipinski definition) is 0. The van der Waals surface area contributed by atoms with Crippen LogP contribution in [0.15, 0.2) is 12.2 Å². The van der Waals surface area contributed by atoms with Crippen LogP contribution in [-0.4, -0.2) is 20.0 Å². The Labute approximate surface area is 114 Å². The summed E-state index contributed by atoms with van der Waals surface area (Å²) in [6.45, 7) is 6.21. The molecule has 0 amide bonds. The highest BCUT2D eigenvalue weighted by Gasteiger charge is 2.33. The number of allylic oxidation sites excluding steroid dienone is 2. The van der Waals surface area contributed by atoms with E-state index in [1.807, 2.05) is 13.8 Å². The normalized spacial score (nSPS) is 23.3. The summed E-state index contributed by atoms with van der Waals surface area (Å²) in [6.07, 6.45) is 12.9. The molecule has 0 aliphatic heterocycles. The van der Waals surface area contributed by atoms with E-state index in [1.54, 1.807) is 14.2 Å². The monoisotopic (exact) mass is 256 g/mol. The number of ether oxygens (including phenoxy) is 2. The van der Waals surface area contributed by atoms with Crippen LogP contribution in [0, 0.1) is 5.92 Å². The van der Waals surface area contributed by atoms with E-state index < -0.39 is 0 Å². The van der Waals surface area contributed by atoms with Crippen LogP contribution in [0.4, 0.5) is 0 Å². The van der Waals surface area contributed by atoms with Crippen molar-refractivity contribution < 1.29 is 9.47 Å². The van der Waals surface area contributed by atoms with Gasteiger partial charge in [-0.2, -0.15) is 0 Å². The molecule has 0 N–H and O–H groups in total. The molecule has 0 bridgehead atoms. The molecule has 0 spiro atoms. The van der Waals surface area contributed by atoms with Crippen molar-refractivity contribution in [3.05, 3.63) is 12.2 Å². The van der Waals surface area contributed by atoms with E-state index in [2.05, 4.69) is 19.1 Å². The smallest absolute Gasteiger partial charge is 0.168 e. The van der Waals surface area contributed by atoms with E-state index in [0.29, 0.717) is 5.92 Å². The first-order valence-corrected chi connectivity index (χ1v) is 7.53. The molecule has 18 heavy (non-hydrogen) atoms. The Kier molecular flexibility index (Phi) is 10.4. The van der Waals surface area contributed by atoms with Gasteiger partial charge in [-0.1, -0.05) is 45.8 Å². The van der Waals surface area contributed by atoms with Gasteiger partial charge in [0.05, 0.1) is 0 Å². The van der Waals surface area contributed by atoms with Gasteiger partial charge in [-0.25, -0.2) is 0 Å². The summed E-state index contributed by atoms with van der Waals surface area (Å²) >= 11 is 0. The van der Waals surface area contributed by atoms with Crippen LogP contribution in [0.25, 0.3) is 0 Å². The van der Waals surface area contributed by atoms with Crippen molar-refractivity contribution >= 4 is 0 Å². The molecule has 2 heteroatoms. The second kappa shape index (κ2) is 10.6. The predicted octanol–water partition coefficient (Wildman–Crippen LogP) is 4.94. The van der Waals surface area contributed by atoms with E-state index in [0.717, 1.165) is 12.8 Å². The molecule has 0 saturated heterocycles. The van der Waals surface area contributed by atoms with Crippen LogP contribution in [0.2, 0.25) is 0 Å². The zero-order valence-electron chi connectivity index (χ0n) is 13.0. The first kappa shape index (κ1) is 17.7. The molecule has 0 aromatic carbocycles. The fourth-order valence-corrected chi connectivity index (χ4v) is 2.48. The van der Waals surface area contributed by atoms with Crippen LogP contribution >= 0.6 is 0 Å². The zero-order valence-corrected chi connectivity index (χ0v) is 13.0. The predicted molar refractivity (Wildman–Crippen MR) is 78.7 cm³/mol. The molecule has 0 heterocycles. The maximum atomic E-state index is 5.59. The van der Waals surface area contributed by atoms with E-state index in [9.17, 15) is 0 Å². The second-order valence-electron chi connectivity index (χ2n) is 4.75. The lowest BCUT2D eigenvalue weighted by Gasteiger charge is -2.31. The lowest BCUT2D eigenvalue weighted by molar-refractivity contribution is -0.216. The summed E-state index contributed by atoms with van der Waals surface area (Å²) in [5.41, 5.74) is 0. The minimum absolute atomic E-state index is 0.336. The van der Waals surface area contributed by atoms with Gasteiger partial charge in [0, 0.05) is 27.1 Å². The summed E-state index contributed by atoms with van der Waals surface area (Å²) in [4.78, 5) is 0. The largest absolute Gasteiger partial charge is 0.353 e. The molecular weight excluding hydrogens is 224 g/mol. The highest BCUT2D eigenvalue weighted by molar-refractivity contribution is 4.92.